The Morgan fingerprint density at radius 3 is 1.95 bits per heavy atom. The van der Waals surface area contributed by atoms with Crippen LogP contribution in [0.5, 0.6) is 5.75 Å². The van der Waals surface area contributed by atoms with Crippen molar-refractivity contribution in [1.82, 2.24) is 5.01 Å². The first-order chi connectivity index (χ1) is 20.2. The number of carbonyl (C=O) groups excluding carboxylic acids is 2. The Morgan fingerprint density at radius 2 is 1.33 bits per heavy atom. The van der Waals surface area contributed by atoms with E-state index in [4.69, 9.17) is 16.3 Å². The van der Waals surface area contributed by atoms with Crippen LogP contribution in [-0.2, 0) is 6.54 Å². The van der Waals surface area contributed by atoms with Crippen LogP contribution < -0.4 is 20.4 Å². The number of carboxylic acids is 2. The lowest BCUT2D eigenvalue weighted by atomic mass is 10.1. The second kappa shape index (κ2) is 13.2. The van der Waals surface area contributed by atoms with Crippen LogP contribution >= 0.6 is 11.6 Å². The summed E-state index contributed by atoms with van der Waals surface area (Å²) in [7, 11) is 1.50. The number of methoxy groups -OCH3 is 1. The van der Waals surface area contributed by atoms with Crippen LogP contribution in [0.15, 0.2) is 97.1 Å². The van der Waals surface area contributed by atoms with E-state index in [2.05, 4.69) is 10.6 Å². The summed E-state index contributed by atoms with van der Waals surface area (Å²) in [5, 5.41) is 27.1. The van der Waals surface area contributed by atoms with Gasteiger partial charge in [-0.15, -0.1) is 0 Å². The monoisotopic (exact) mass is 588 g/mol. The minimum absolute atomic E-state index is 0.0284. The Hall–Kier alpha value is -5.55. The van der Waals surface area contributed by atoms with Crippen molar-refractivity contribution in [2.75, 3.05) is 22.8 Å². The molecule has 0 atom stereocenters. The third-order valence-corrected chi connectivity index (χ3v) is 6.27. The number of benzene rings is 4. The molecule has 0 aliphatic rings. The van der Waals surface area contributed by atoms with Gasteiger partial charge in [-0.05, 0) is 66.2 Å². The lowest BCUT2D eigenvalue weighted by molar-refractivity contribution is 0.0686. The molecule has 0 fully saturated rings. The Balaban J connectivity index is 1.84. The van der Waals surface area contributed by atoms with Crippen molar-refractivity contribution in [3.05, 3.63) is 119 Å². The third-order valence-electron chi connectivity index (χ3n) is 6.02. The van der Waals surface area contributed by atoms with Crippen molar-refractivity contribution in [3.8, 4) is 5.75 Å². The summed E-state index contributed by atoms with van der Waals surface area (Å²) in [5.74, 6) is -2.06. The molecule has 4 rings (SSSR count). The lowest BCUT2D eigenvalue weighted by Crippen LogP contribution is -2.53. The standard InChI is InChI=1S/C30H25ClN4O7/c1-42-22-16-10-19(11-17-22)18-34(29(40)33-25-8-4-2-6-23(25)27(36)37)35(26-9-5-3-7-24(26)28(38)39)30(41)32-21-14-12-20(31)13-15-21/h2-17H,18H2,1H3,(H,32,41)(H,33,40)(H,36,37)(H,38,39). The van der Waals surface area contributed by atoms with Crippen molar-refractivity contribution in [1.29, 1.82) is 0 Å². The second-order valence-corrected chi connectivity index (χ2v) is 9.19. The molecule has 0 spiro atoms. The van der Waals surface area contributed by atoms with Gasteiger partial charge in [-0.25, -0.2) is 24.2 Å². The van der Waals surface area contributed by atoms with Crippen LogP contribution in [0.4, 0.5) is 26.7 Å². The predicted octanol–water partition coefficient (Wildman–Crippen LogP) is 6.43. The zero-order chi connectivity index (χ0) is 30.2. The number of hydrazine groups is 1. The molecule has 4 N–H and O–H groups in total. The van der Waals surface area contributed by atoms with E-state index >= 15 is 0 Å². The summed E-state index contributed by atoms with van der Waals surface area (Å²) in [6, 6.07) is 22.5. The number of urea groups is 2. The Kier molecular flexibility index (Phi) is 9.25. The van der Waals surface area contributed by atoms with Crippen LogP contribution in [0.1, 0.15) is 26.3 Å². The highest BCUT2D eigenvalue weighted by atomic mass is 35.5. The highest BCUT2D eigenvalue weighted by molar-refractivity contribution is 6.30. The van der Waals surface area contributed by atoms with Crippen molar-refractivity contribution < 1.29 is 34.1 Å². The number of para-hydroxylation sites is 2. The molecule has 214 valence electrons. The van der Waals surface area contributed by atoms with E-state index in [1.165, 1.54) is 49.6 Å². The number of anilines is 3. The number of nitrogens with one attached hydrogen (secondary N) is 2. The summed E-state index contributed by atoms with van der Waals surface area (Å²) in [4.78, 5) is 51.8. The summed E-state index contributed by atoms with van der Waals surface area (Å²) in [6.45, 7) is -0.229. The Bertz CT molecular complexity index is 1610. The van der Waals surface area contributed by atoms with Gasteiger partial charge in [0.1, 0.15) is 5.75 Å². The molecule has 0 unspecified atom stereocenters. The molecular formula is C30H25ClN4O7. The van der Waals surface area contributed by atoms with E-state index < -0.39 is 24.0 Å². The number of rotatable bonds is 8. The SMILES string of the molecule is COc1ccc(CN(C(=O)Nc2ccccc2C(=O)O)N(C(=O)Nc2ccc(Cl)cc2)c2ccccc2C(=O)O)cc1. The molecule has 0 aromatic heterocycles. The van der Waals surface area contributed by atoms with Crippen LogP contribution in [0, 0.1) is 0 Å². The molecule has 0 heterocycles. The van der Waals surface area contributed by atoms with Crippen LogP contribution in [-0.4, -0.2) is 46.3 Å². The molecule has 0 aliphatic heterocycles. The minimum atomic E-state index is -1.34. The normalized spacial score (nSPS) is 10.3. The number of hydrogen-bond donors (Lipinski definition) is 4. The summed E-state index contributed by atoms with van der Waals surface area (Å²) in [6.07, 6.45) is 0. The zero-order valence-corrected chi connectivity index (χ0v) is 22.9. The van der Waals surface area contributed by atoms with E-state index in [1.54, 1.807) is 54.6 Å². The molecule has 42 heavy (non-hydrogen) atoms. The second-order valence-electron chi connectivity index (χ2n) is 8.76. The van der Waals surface area contributed by atoms with Crippen molar-refractivity contribution in [3.63, 3.8) is 0 Å². The average molecular weight is 589 g/mol. The van der Waals surface area contributed by atoms with E-state index in [1.807, 2.05) is 0 Å². The van der Waals surface area contributed by atoms with Gasteiger partial charge >= 0.3 is 24.0 Å². The fourth-order valence-electron chi connectivity index (χ4n) is 3.99. The average Bonchev–Trinajstić information content (AvgIpc) is 2.98. The molecule has 0 bridgehead atoms. The van der Waals surface area contributed by atoms with Crippen LogP contribution in [0.2, 0.25) is 5.02 Å². The van der Waals surface area contributed by atoms with Gasteiger partial charge in [0, 0.05) is 10.7 Å². The summed E-state index contributed by atoms with van der Waals surface area (Å²) < 4.78 is 5.21. The molecular weight excluding hydrogens is 564 g/mol. The Labute approximate surface area is 245 Å². The van der Waals surface area contributed by atoms with Crippen LogP contribution in [0.3, 0.4) is 0 Å². The highest BCUT2D eigenvalue weighted by Crippen LogP contribution is 2.27. The molecule has 4 aromatic rings. The zero-order valence-electron chi connectivity index (χ0n) is 22.2. The van der Waals surface area contributed by atoms with Gasteiger partial charge in [0.25, 0.3) is 0 Å². The maximum absolute atomic E-state index is 13.9. The van der Waals surface area contributed by atoms with Crippen molar-refractivity contribution in [2.45, 2.75) is 6.54 Å². The topological polar surface area (TPSA) is 149 Å². The van der Waals surface area contributed by atoms with Gasteiger partial charge < -0.3 is 25.6 Å². The van der Waals surface area contributed by atoms with E-state index in [-0.39, 0.29) is 29.0 Å². The predicted molar refractivity (Wildman–Crippen MR) is 157 cm³/mol. The number of carboxylic acid groups (broad SMARTS) is 2. The number of carbonyl (C=O) groups is 4. The summed E-state index contributed by atoms with van der Waals surface area (Å²) >= 11 is 5.98. The van der Waals surface area contributed by atoms with E-state index in [0.29, 0.717) is 22.0 Å². The first-order valence-electron chi connectivity index (χ1n) is 12.4. The molecule has 12 heteroatoms. The molecule has 4 amide bonds. The number of nitrogens with zero attached hydrogens (tertiary/aromatic N) is 2. The molecule has 11 nitrogen and oxygen atoms in total. The first-order valence-corrected chi connectivity index (χ1v) is 12.8. The number of hydrogen-bond acceptors (Lipinski definition) is 5. The molecule has 0 saturated carbocycles. The van der Waals surface area contributed by atoms with Gasteiger partial charge in [0.2, 0.25) is 0 Å². The fourth-order valence-corrected chi connectivity index (χ4v) is 4.12. The van der Waals surface area contributed by atoms with Crippen molar-refractivity contribution >= 4 is 52.7 Å². The molecule has 0 radical (unpaired) electrons. The fraction of sp³-hybridized carbons (Fsp3) is 0.0667. The molecule has 4 aromatic carbocycles. The number of halogens is 1. The van der Waals surface area contributed by atoms with Gasteiger partial charge in [-0.2, -0.15) is 5.01 Å². The van der Waals surface area contributed by atoms with Gasteiger partial charge in [0.15, 0.2) is 0 Å². The van der Waals surface area contributed by atoms with E-state index in [0.717, 1.165) is 10.0 Å². The largest absolute Gasteiger partial charge is 0.497 e. The van der Waals surface area contributed by atoms with Gasteiger partial charge in [-0.1, -0.05) is 48.0 Å². The lowest BCUT2D eigenvalue weighted by Gasteiger charge is -2.35. The number of ether oxygens (including phenoxy) is 1. The quantitative estimate of drug-likeness (QED) is 0.173. The maximum Gasteiger partial charge on any atom is 0.345 e. The molecule has 0 saturated heterocycles. The van der Waals surface area contributed by atoms with Crippen molar-refractivity contribution in [2.24, 2.45) is 0 Å². The smallest absolute Gasteiger partial charge is 0.345 e. The third kappa shape index (κ3) is 6.95. The maximum atomic E-state index is 13.9. The Morgan fingerprint density at radius 1 is 0.738 bits per heavy atom. The van der Waals surface area contributed by atoms with Gasteiger partial charge in [0.05, 0.1) is 36.2 Å². The van der Waals surface area contributed by atoms with Gasteiger partial charge in [-0.3, -0.25) is 0 Å². The molecule has 0 aliphatic carbocycles. The van der Waals surface area contributed by atoms with Crippen LogP contribution in [0.25, 0.3) is 0 Å². The number of amides is 4. The minimum Gasteiger partial charge on any atom is -0.497 e. The van der Waals surface area contributed by atoms with E-state index in [9.17, 15) is 29.4 Å². The number of aromatic carboxylic acids is 2. The first kappa shape index (κ1) is 29.4. The highest BCUT2D eigenvalue weighted by Gasteiger charge is 2.32. The summed E-state index contributed by atoms with van der Waals surface area (Å²) in [5.41, 5.74) is 0.282.